The molecule has 15 heavy (non-hydrogen) atoms. The van der Waals surface area contributed by atoms with Crippen LogP contribution in [0.2, 0.25) is 0 Å². The molecule has 2 rings (SSSR count). The van der Waals surface area contributed by atoms with Gasteiger partial charge in [0.25, 0.3) is 0 Å². The number of nitrogens with zero attached hydrogens (tertiary/aromatic N) is 1. The van der Waals surface area contributed by atoms with Gasteiger partial charge in [0, 0.05) is 5.69 Å². The van der Waals surface area contributed by atoms with Crippen molar-refractivity contribution in [2.45, 2.75) is 32.6 Å². The number of hydrogen-bond donors (Lipinski definition) is 2. The Morgan fingerprint density at radius 3 is 2.73 bits per heavy atom. The fourth-order valence-corrected chi connectivity index (χ4v) is 2.13. The number of carboxylic acids is 1. The Morgan fingerprint density at radius 2 is 2.07 bits per heavy atom. The number of aromatic nitrogens is 1. The van der Waals surface area contributed by atoms with Crippen molar-refractivity contribution in [3.8, 4) is 0 Å². The molecule has 0 saturated heterocycles. The second-order valence-corrected chi connectivity index (χ2v) is 3.92. The Balaban J connectivity index is 2.68. The molecule has 0 fully saturated rings. The third kappa shape index (κ3) is 1.56. The predicted molar refractivity (Wildman–Crippen MR) is 57.0 cm³/mol. The third-order valence-electron chi connectivity index (χ3n) is 2.92. The lowest BCUT2D eigenvalue weighted by molar-refractivity contribution is 0.0696. The number of anilines is 1. The first kappa shape index (κ1) is 9.96. The van der Waals surface area contributed by atoms with Crippen LogP contribution in [0, 0.1) is 6.92 Å². The maximum atomic E-state index is 11.1. The molecular weight excluding hydrogens is 192 g/mol. The minimum atomic E-state index is -0.934. The van der Waals surface area contributed by atoms with E-state index in [1.54, 1.807) is 6.92 Å². The maximum Gasteiger partial charge on any atom is 0.338 e. The second kappa shape index (κ2) is 3.53. The summed E-state index contributed by atoms with van der Waals surface area (Å²) in [6.07, 6.45) is 3.77. The van der Waals surface area contributed by atoms with Crippen LogP contribution in [0.5, 0.6) is 0 Å². The first-order chi connectivity index (χ1) is 7.11. The SMILES string of the molecule is Cc1nc2c(c(C(=O)O)c1N)CCCC2. The molecule has 0 radical (unpaired) electrons. The first-order valence-electron chi connectivity index (χ1n) is 5.12. The number of carboxylic acid groups (broad SMARTS) is 1. The van der Waals surface area contributed by atoms with Crippen molar-refractivity contribution in [1.82, 2.24) is 4.98 Å². The van der Waals surface area contributed by atoms with Crippen molar-refractivity contribution in [2.75, 3.05) is 5.73 Å². The molecule has 0 saturated carbocycles. The number of pyridine rings is 1. The molecule has 1 aromatic rings. The predicted octanol–water partition coefficient (Wildman–Crippen LogP) is 1.55. The van der Waals surface area contributed by atoms with Gasteiger partial charge in [-0.2, -0.15) is 0 Å². The number of carbonyl (C=O) groups is 1. The molecule has 4 nitrogen and oxygen atoms in total. The van der Waals surface area contributed by atoms with E-state index in [9.17, 15) is 4.79 Å². The minimum absolute atomic E-state index is 0.275. The lowest BCUT2D eigenvalue weighted by Gasteiger charge is -2.19. The molecule has 0 aromatic carbocycles. The van der Waals surface area contributed by atoms with Crippen molar-refractivity contribution in [1.29, 1.82) is 0 Å². The summed E-state index contributed by atoms with van der Waals surface area (Å²) < 4.78 is 0. The van der Waals surface area contributed by atoms with Crippen LogP contribution in [0.1, 0.15) is 40.2 Å². The summed E-state index contributed by atoms with van der Waals surface area (Å²) in [5.41, 5.74) is 8.76. The molecule has 1 aliphatic rings. The first-order valence-corrected chi connectivity index (χ1v) is 5.12. The molecule has 0 aliphatic heterocycles. The molecule has 0 bridgehead atoms. The zero-order valence-electron chi connectivity index (χ0n) is 8.71. The molecule has 0 atom stereocenters. The van der Waals surface area contributed by atoms with Crippen LogP contribution in [0.3, 0.4) is 0 Å². The van der Waals surface area contributed by atoms with Gasteiger partial charge in [-0.15, -0.1) is 0 Å². The topological polar surface area (TPSA) is 76.2 Å². The molecule has 1 heterocycles. The van der Waals surface area contributed by atoms with Crippen LogP contribution in [-0.2, 0) is 12.8 Å². The van der Waals surface area contributed by atoms with E-state index in [-0.39, 0.29) is 5.56 Å². The van der Waals surface area contributed by atoms with Crippen molar-refractivity contribution >= 4 is 11.7 Å². The zero-order chi connectivity index (χ0) is 11.0. The van der Waals surface area contributed by atoms with E-state index in [2.05, 4.69) is 4.98 Å². The highest BCUT2D eigenvalue weighted by atomic mass is 16.4. The van der Waals surface area contributed by atoms with E-state index in [0.717, 1.165) is 36.9 Å². The summed E-state index contributed by atoms with van der Waals surface area (Å²) in [5, 5.41) is 9.14. The maximum absolute atomic E-state index is 11.1. The normalized spacial score (nSPS) is 14.7. The van der Waals surface area contributed by atoms with Crippen LogP contribution in [-0.4, -0.2) is 16.1 Å². The van der Waals surface area contributed by atoms with E-state index in [4.69, 9.17) is 10.8 Å². The van der Waals surface area contributed by atoms with E-state index in [0.29, 0.717) is 11.4 Å². The number of hydrogen-bond acceptors (Lipinski definition) is 3. The zero-order valence-corrected chi connectivity index (χ0v) is 8.71. The summed E-state index contributed by atoms with van der Waals surface area (Å²) in [6.45, 7) is 1.76. The Labute approximate surface area is 88.1 Å². The van der Waals surface area contributed by atoms with Crippen molar-refractivity contribution in [3.05, 3.63) is 22.5 Å². The summed E-state index contributed by atoms with van der Waals surface area (Å²) in [5.74, 6) is -0.934. The number of fused-ring (bicyclic) bond motifs is 1. The number of nitrogen functional groups attached to an aromatic ring is 1. The fraction of sp³-hybridized carbons (Fsp3) is 0.455. The van der Waals surface area contributed by atoms with Crippen LogP contribution >= 0.6 is 0 Å². The Bertz CT molecular complexity index is 427. The van der Waals surface area contributed by atoms with Gasteiger partial charge < -0.3 is 10.8 Å². The Hall–Kier alpha value is -1.58. The minimum Gasteiger partial charge on any atom is -0.478 e. The van der Waals surface area contributed by atoms with Crippen LogP contribution in [0.25, 0.3) is 0 Å². The Kier molecular flexibility index (Phi) is 2.34. The molecule has 0 amide bonds. The number of aryl methyl sites for hydroxylation is 2. The molecule has 80 valence electrons. The summed E-state index contributed by atoms with van der Waals surface area (Å²) in [6, 6.07) is 0. The van der Waals surface area contributed by atoms with Crippen molar-refractivity contribution in [2.24, 2.45) is 0 Å². The molecule has 0 spiro atoms. The van der Waals surface area contributed by atoms with Gasteiger partial charge in [-0.3, -0.25) is 4.98 Å². The molecular formula is C11H14N2O2. The number of rotatable bonds is 1. The Morgan fingerprint density at radius 1 is 1.40 bits per heavy atom. The smallest absolute Gasteiger partial charge is 0.338 e. The standard InChI is InChI=1S/C11H14N2O2/c1-6-10(12)9(11(14)15)7-4-2-3-5-8(7)13-6/h2-5,12H2,1H3,(H,14,15). The van der Waals surface area contributed by atoms with E-state index >= 15 is 0 Å². The third-order valence-corrected chi connectivity index (χ3v) is 2.92. The highest BCUT2D eigenvalue weighted by molar-refractivity contribution is 5.96. The highest BCUT2D eigenvalue weighted by Crippen LogP contribution is 2.28. The van der Waals surface area contributed by atoms with Crippen LogP contribution in [0.15, 0.2) is 0 Å². The van der Waals surface area contributed by atoms with Gasteiger partial charge in [0.1, 0.15) is 0 Å². The summed E-state index contributed by atoms with van der Waals surface area (Å²) in [7, 11) is 0. The van der Waals surface area contributed by atoms with Crippen molar-refractivity contribution in [3.63, 3.8) is 0 Å². The largest absolute Gasteiger partial charge is 0.478 e. The summed E-state index contributed by atoms with van der Waals surface area (Å²) in [4.78, 5) is 15.5. The lowest BCUT2D eigenvalue weighted by Crippen LogP contribution is -2.16. The lowest BCUT2D eigenvalue weighted by atomic mass is 9.91. The van der Waals surface area contributed by atoms with Crippen LogP contribution in [0.4, 0.5) is 5.69 Å². The number of nitrogens with two attached hydrogens (primary N) is 1. The average Bonchev–Trinajstić information content (AvgIpc) is 2.19. The van der Waals surface area contributed by atoms with Gasteiger partial charge in [-0.25, -0.2) is 4.79 Å². The second-order valence-electron chi connectivity index (χ2n) is 3.92. The quantitative estimate of drug-likeness (QED) is 0.730. The summed E-state index contributed by atoms with van der Waals surface area (Å²) >= 11 is 0. The highest BCUT2D eigenvalue weighted by Gasteiger charge is 2.22. The van der Waals surface area contributed by atoms with E-state index < -0.39 is 5.97 Å². The molecule has 1 aromatic heterocycles. The van der Waals surface area contributed by atoms with E-state index in [1.165, 1.54) is 0 Å². The molecule has 3 N–H and O–H groups in total. The van der Waals surface area contributed by atoms with Gasteiger partial charge in [-0.1, -0.05) is 0 Å². The average molecular weight is 206 g/mol. The number of aromatic carboxylic acids is 1. The van der Waals surface area contributed by atoms with Gasteiger partial charge in [0.05, 0.1) is 16.9 Å². The monoisotopic (exact) mass is 206 g/mol. The fourth-order valence-electron chi connectivity index (χ4n) is 2.13. The van der Waals surface area contributed by atoms with Gasteiger partial charge in [-0.05, 0) is 38.2 Å². The van der Waals surface area contributed by atoms with E-state index in [1.807, 2.05) is 0 Å². The molecule has 1 aliphatic carbocycles. The van der Waals surface area contributed by atoms with Gasteiger partial charge in [0.2, 0.25) is 0 Å². The van der Waals surface area contributed by atoms with Crippen molar-refractivity contribution < 1.29 is 9.90 Å². The van der Waals surface area contributed by atoms with Gasteiger partial charge >= 0.3 is 5.97 Å². The molecule has 0 unspecified atom stereocenters. The van der Waals surface area contributed by atoms with Gasteiger partial charge in [0.15, 0.2) is 0 Å². The molecule has 4 heteroatoms. The van der Waals surface area contributed by atoms with Crippen LogP contribution < -0.4 is 5.73 Å².